The fourth-order valence-corrected chi connectivity index (χ4v) is 3.30. The van der Waals surface area contributed by atoms with E-state index < -0.39 is 5.92 Å². The number of carbonyl (C=O) groups excluding carboxylic acids is 2. The van der Waals surface area contributed by atoms with Crippen LogP contribution in [0.2, 0.25) is 0 Å². The summed E-state index contributed by atoms with van der Waals surface area (Å²) in [6.45, 7) is 2.00. The summed E-state index contributed by atoms with van der Waals surface area (Å²) in [5.41, 5.74) is 1.75. The molecule has 1 atom stereocenters. The van der Waals surface area contributed by atoms with E-state index in [9.17, 15) is 14.8 Å². The number of unbranched alkanes of at least 4 members (excludes halogenated alkanes) is 1. The molecular formula is C17H20BrN3O3S. The fraction of sp³-hybridized carbons (Fsp3) is 0.353. The van der Waals surface area contributed by atoms with Crippen LogP contribution < -0.4 is 5.32 Å². The van der Waals surface area contributed by atoms with E-state index in [1.54, 1.807) is 0 Å². The topological polar surface area (TPSA) is 82.5 Å². The average molecular weight is 426 g/mol. The van der Waals surface area contributed by atoms with Crippen LogP contribution in [-0.2, 0) is 9.59 Å². The van der Waals surface area contributed by atoms with Crippen LogP contribution in [0, 0.1) is 5.92 Å². The van der Waals surface area contributed by atoms with Crippen molar-refractivity contribution in [1.29, 1.82) is 0 Å². The van der Waals surface area contributed by atoms with Crippen molar-refractivity contribution >= 4 is 44.7 Å². The van der Waals surface area contributed by atoms with Gasteiger partial charge in [0, 0.05) is 15.4 Å². The van der Waals surface area contributed by atoms with Gasteiger partial charge in [-0.05, 0) is 18.6 Å². The van der Waals surface area contributed by atoms with Gasteiger partial charge < -0.3 is 5.32 Å². The van der Waals surface area contributed by atoms with Crippen molar-refractivity contribution < 1.29 is 14.8 Å². The lowest BCUT2D eigenvalue weighted by Crippen LogP contribution is -2.33. The number of benzene rings is 1. The molecule has 0 fully saturated rings. The molecule has 0 spiro atoms. The van der Waals surface area contributed by atoms with Crippen LogP contribution in [0.1, 0.15) is 26.2 Å². The molecule has 2 N–H and O–H groups in total. The predicted molar refractivity (Wildman–Crippen MR) is 101 cm³/mol. The molecule has 1 aromatic heterocycles. The number of rotatable bonds is 9. The number of hydroxylamine groups is 2. The van der Waals surface area contributed by atoms with Crippen molar-refractivity contribution in [2.75, 3.05) is 11.9 Å². The average Bonchev–Trinajstić information content (AvgIpc) is 3.07. The van der Waals surface area contributed by atoms with Gasteiger partial charge in [-0.3, -0.25) is 14.8 Å². The monoisotopic (exact) mass is 425 g/mol. The third kappa shape index (κ3) is 5.91. The minimum absolute atomic E-state index is 0.0275. The predicted octanol–water partition coefficient (Wildman–Crippen LogP) is 4.17. The first-order valence-electron chi connectivity index (χ1n) is 7.96. The molecule has 0 radical (unpaired) electrons. The zero-order valence-corrected chi connectivity index (χ0v) is 16.2. The number of nitrogens with one attached hydrogen (secondary N) is 1. The highest BCUT2D eigenvalue weighted by Gasteiger charge is 2.21. The Hall–Kier alpha value is -1.77. The van der Waals surface area contributed by atoms with E-state index in [2.05, 4.69) is 26.2 Å². The molecule has 6 nitrogen and oxygen atoms in total. The van der Waals surface area contributed by atoms with Crippen molar-refractivity contribution in [2.24, 2.45) is 5.92 Å². The quantitative estimate of drug-likeness (QED) is 0.358. The number of carbonyl (C=O) groups is 2. The summed E-state index contributed by atoms with van der Waals surface area (Å²) in [4.78, 5) is 27.5. The second-order valence-electron chi connectivity index (χ2n) is 5.60. The van der Waals surface area contributed by atoms with Crippen LogP contribution in [0.15, 0.2) is 34.1 Å². The van der Waals surface area contributed by atoms with Gasteiger partial charge in [-0.15, -0.1) is 11.3 Å². The maximum atomic E-state index is 12.5. The van der Waals surface area contributed by atoms with Crippen LogP contribution in [0.4, 0.5) is 5.13 Å². The molecule has 0 aliphatic carbocycles. The fourth-order valence-electron chi connectivity index (χ4n) is 2.32. The van der Waals surface area contributed by atoms with Gasteiger partial charge in [0.2, 0.25) is 12.3 Å². The highest BCUT2D eigenvalue weighted by Crippen LogP contribution is 2.26. The molecule has 1 heterocycles. The first-order valence-corrected chi connectivity index (χ1v) is 9.64. The number of hydrogen-bond donors (Lipinski definition) is 2. The Balaban J connectivity index is 2.04. The third-order valence-corrected chi connectivity index (χ3v) is 4.97. The molecule has 134 valence electrons. The second kappa shape index (κ2) is 9.65. The molecular weight excluding hydrogens is 406 g/mol. The zero-order chi connectivity index (χ0) is 18.2. The van der Waals surface area contributed by atoms with Gasteiger partial charge in [0.1, 0.15) is 0 Å². The molecule has 0 aliphatic heterocycles. The Labute approximate surface area is 159 Å². The Morgan fingerprint density at radius 1 is 1.44 bits per heavy atom. The van der Waals surface area contributed by atoms with E-state index in [1.807, 2.05) is 36.6 Å². The molecule has 2 amide bonds. The number of aromatic nitrogens is 1. The molecule has 1 unspecified atom stereocenters. The molecule has 0 saturated heterocycles. The Morgan fingerprint density at radius 2 is 2.16 bits per heavy atom. The van der Waals surface area contributed by atoms with E-state index in [4.69, 9.17) is 0 Å². The number of thiazole rings is 1. The lowest BCUT2D eigenvalue weighted by molar-refractivity contribution is -0.153. The number of amides is 2. The van der Waals surface area contributed by atoms with Crippen LogP contribution in [0.5, 0.6) is 0 Å². The van der Waals surface area contributed by atoms with Crippen LogP contribution in [0.25, 0.3) is 11.3 Å². The zero-order valence-electron chi connectivity index (χ0n) is 13.8. The summed E-state index contributed by atoms with van der Waals surface area (Å²) in [5.74, 6) is -0.721. The molecule has 0 bridgehead atoms. The van der Waals surface area contributed by atoms with Crippen LogP contribution in [-0.4, -0.2) is 34.1 Å². The second-order valence-corrected chi connectivity index (χ2v) is 7.37. The minimum atomic E-state index is -0.477. The van der Waals surface area contributed by atoms with Gasteiger partial charge in [0.15, 0.2) is 5.13 Å². The van der Waals surface area contributed by atoms with E-state index in [-0.39, 0.29) is 12.5 Å². The number of nitrogens with zero attached hydrogens (tertiary/aromatic N) is 2. The summed E-state index contributed by atoms with van der Waals surface area (Å²) in [7, 11) is 0. The summed E-state index contributed by atoms with van der Waals surface area (Å²) in [6.07, 6.45) is 2.67. The van der Waals surface area contributed by atoms with Gasteiger partial charge in [-0.1, -0.05) is 47.8 Å². The van der Waals surface area contributed by atoms with E-state index in [1.165, 1.54) is 11.3 Å². The molecule has 2 rings (SSSR count). The van der Waals surface area contributed by atoms with Gasteiger partial charge in [-0.25, -0.2) is 10.0 Å². The molecule has 1 aromatic carbocycles. The molecule has 0 aliphatic rings. The number of halogens is 1. The molecule has 25 heavy (non-hydrogen) atoms. The van der Waals surface area contributed by atoms with Crippen molar-refractivity contribution in [3.63, 3.8) is 0 Å². The Kier molecular flexibility index (Phi) is 7.54. The smallest absolute Gasteiger partial charge is 0.233 e. The van der Waals surface area contributed by atoms with Crippen molar-refractivity contribution in [3.8, 4) is 11.3 Å². The minimum Gasteiger partial charge on any atom is -0.302 e. The Bertz CT molecular complexity index is 705. The van der Waals surface area contributed by atoms with E-state index >= 15 is 0 Å². The first kappa shape index (κ1) is 19.6. The maximum Gasteiger partial charge on any atom is 0.233 e. The van der Waals surface area contributed by atoms with Crippen LogP contribution >= 0.6 is 27.3 Å². The van der Waals surface area contributed by atoms with Gasteiger partial charge in [-0.2, -0.15) is 0 Å². The van der Waals surface area contributed by atoms with Crippen LogP contribution in [0.3, 0.4) is 0 Å². The highest BCUT2D eigenvalue weighted by molar-refractivity contribution is 9.10. The van der Waals surface area contributed by atoms with Crippen molar-refractivity contribution in [2.45, 2.75) is 26.2 Å². The van der Waals surface area contributed by atoms with Gasteiger partial charge in [0.25, 0.3) is 0 Å². The highest BCUT2D eigenvalue weighted by atomic mass is 79.9. The Morgan fingerprint density at radius 3 is 2.80 bits per heavy atom. The summed E-state index contributed by atoms with van der Waals surface area (Å²) < 4.78 is 0.988. The first-order chi connectivity index (χ1) is 12.0. The van der Waals surface area contributed by atoms with Crippen molar-refractivity contribution in [1.82, 2.24) is 10.0 Å². The summed E-state index contributed by atoms with van der Waals surface area (Å²) >= 11 is 4.74. The normalized spacial score (nSPS) is 11.8. The SMILES string of the molecule is CCCCC(CN(O)C=O)C(=O)Nc1nc(-c2ccc(Br)cc2)cs1. The molecule has 8 heteroatoms. The largest absolute Gasteiger partial charge is 0.302 e. The van der Waals surface area contributed by atoms with E-state index in [0.29, 0.717) is 23.0 Å². The number of hydrogen-bond acceptors (Lipinski definition) is 5. The molecule has 2 aromatic rings. The molecule has 0 saturated carbocycles. The lowest BCUT2D eigenvalue weighted by atomic mass is 10.0. The number of anilines is 1. The van der Waals surface area contributed by atoms with Gasteiger partial charge >= 0.3 is 0 Å². The summed E-state index contributed by atoms with van der Waals surface area (Å²) in [6, 6.07) is 7.76. The third-order valence-electron chi connectivity index (χ3n) is 3.68. The standard InChI is InChI=1S/C17H20BrN3O3S/c1-2-3-4-13(9-21(24)11-22)16(23)20-17-19-15(10-25-17)12-5-7-14(18)8-6-12/h5-8,10-11,13,24H,2-4,9H2,1H3,(H,19,20,23). The van der Waals surface area contributed by atoms with Crippen molar-refractivity contribution in [3.05, 3.63) is 34.1 Å². The lowest BCUT2D eigenvalue weighted by Gasteiger charge is -2.18. The van der Waals surface area contributed by atoms with Gasteiger partial charge in [0.05, 0.1) is 18.2 Å². The summed E-state index contributed by atoms with van der Waals surface area (Å²) in [5, 5.41) is 15.1. The maximum absolute atomic E-state index is 12.5. The van der Waals surface area contributed by atoms with E-state index in [0.717, 1.165) is 28.6 Å².